The van der Waals surface area contributed by atoms with Crippen molar-refractivity contribution in [3.63, 3.8) is 0 Å². The van der Waals surface area contributed by atoms with Crippen molar-refractivity contribution in [3.05, 3.63) is 28.8 Å². The molecule has 2 atom stereocenters. The first-order valence-electron chi connectivity index (χ1n) is 7.92. The standard InChI is InChI=1S/C16H17ClN2O5S2/c1-9-10(17)3-2-4-11(9)19-12-7-26(23,24)8-13(12)25-16(19)18-14(20)5-6-15(21)22/h2-4,12-13H,5-8H2,1H3,(H,21,22)/t12-,13-/m1/s1. The summed E-state index contributed by atoms with van der Waals surface area (Å²) >= 11 is 7.45. The van der Waals surface area contributed by atoms with Crippen molar-refractivity contribution >= 4 is 55.9 Å². The molecule has 2 fully saturated rings. The minimum atomic E-state index is -3.16. The van der Waals surface area contributed by atoms with Crippen LogP contribution in [0, 0.1) is 6.92 Å². The molecule has 0 unspecified atom stereocenters. The predicted octanol–water partition coefficient (Wildman–Crippen LogP) is 2.11. The summed E-state index contributed by atoms with van der Waals surface area (Å²) in [6.07, 6.45) is -0.493. The first kappa shape index (κ1) is 19.2. The molecule has 0 bridgehead atoms. The van der Waals surface area contributed by atoms with Gasteiger partial charge in [0.2, 0.25) is 5.91 Å². The van der Waals surface area contributed by atoms with Crippen LogP contribution in [-0.4, -0.2) is 53.4 Å². The minimum Gasteiger partial charge on any atom is -0.481 e. The number of carbonyl (C=O) groups excluding carboxylic acids is 1. The highest BCUT2D eigenvalue weighted by atomic mass is 35.5. The summed E-state index contributed by atoms with van der Waals surface area (Å²) in [4.78, 5) is 28.5. The highest BCUT2D eigenvalue weighted by Crippen LogP contribution is 2.42. The number of hydrogen-bond donors (Lipinski definition) is 1. The molecule has 2 aliphatic rings. The number of halogens is 1. The Kier molecular flexibility index (Phi) is 5.32. The third-order valence-corrected chi connectivity index (χ3v) is 7.96. The number of benzene rings is 1. The number of hydrogen-bond acceptors (Lipinski definition) is 5. The molecule has 0 radical (unpaired) electrons. The molecule has 0 aromatic heterocycles. The molecule has 0 aliphatic carbocycles. The Morgan fingerprint density at radius 3 is 2.77 bits per heavy atom. The van der Waals surface area contributed by atoms with Crippen LogP contribution >= 0.6 is 23.4 Å². The molecule has 10 heteroatoms. The lowest BCUT2D eigenvalue weighted by Crippen LogP contribution is -2.38. The molecule has 1 amide bonds. The SMILES string of the molecule is Cc1c(Cl)cccc1N1C(=NC(=O)CCC(=O)O)S[C@@H]2CS(=O)(=O)C[C@H]21. The molecule has 0 spiro atoms. The smallest absolute Gasteiger partial charge is 0.303 e. The fourth-order valence-electron chi connectivity index (χ4n) is 3.08. The number of aliphatic carboxylic acids is 1. The normalized spacial score (nSPS) is 25.5. The van der Waals surface area contributed by atoms with Crippen LogP contribution < -0.4 is 4.90 Å². The summed E-state index contributed by atoms with van der Waals surface area (Å²) in [7, 11) is -3.16. The highest BCUT2D eigenvalue weighted by Gasteiger charge is 2.49. The molecule has 7 nitrogen and oxygen atoms in total. The largest absolute Gasteiger partial charge is 0.481 e. The molecule has 3 rings (SSSR count). The topological polar surface area (TPSA) is 104 Å². The van der Waals surface area contributed by atoms with Crippen molar-refractivity contribution in [2.75, 3.05) is 16.4 Å². The van der Waals surface area contributed by atoms with E-state index in [0.29, 0.717) is 15.9 Å². The van der Waals surface area contributed by atoms with Crippen LogP contribution in [0.1, 0.15) is 18.4 Å². The maximum Gasteiger partial charge on any atom is 0.303 e. The van der Waals surface area contributed by atoms with Gasteiger partial charge in [-0.3, -0.25) is 9.59 Å². The summed E-state index contributed by atoms with van der Waals surface area (Å²) in [6.45, 7) is 1.82. The van der Waals surface area contributed by atoms with E-state index in [1.54, 1.807) is 17.0 Å². The second-order valence-electron chi connectivity index (χ2n) is 6.24. The van der Waals surface area contributed by atoms with Gasteiger partial charge < -0.3 is 10.0 Å². The van der Waals surface area contributed by atoms with E-state index in [-0.39, 0.29) is 35.6 Å². The van der Waals surface area contributed by atoms with E-state index < -0.39 is 21.7 Å². The van der Waals surface area contributed by atoms with Gasteiger partial charge in [0.05, 0.1) is 24.0 Å². The summed E-state index contributed by atoms with van der Waals surface area (Å²) in [5.74, 6) is -1.59. The van der Waals surface area contributed by atoms with Gasteiger partial charge in [-0.25, -0.2) is 8.42 Å². The van der Waals surface area contributed by atoms with Crippen LogP contribution in [-0.2, 0) is 19.4 Å². The van der Waals surface area contributed by atoms with Crippen molar-refractivity contribution in [1.82, 2.24) is 0 Å². The Labute approximate surface area is 160 Å². The van der Waals surface area contributed by atoms with Crippen LogP contribution in [0.3, 0.4) is 0 Å². The Bertz CT molecular complexity index is 900. The van der Waals surface area contributed by atoms with E-state index in [1.807, 2.05) is 13.0 Å². The van der Waals surface area contributed by atoms with E-state index in [4.69, 9.17) is 16.7 Å². The third kappa shape index (κ3) is 3.89. The van der Waals surface area contributed by atoms with E-state index in [1.165, 1.54) is 11.8 Å². The van der Waals surface area contributed by atoms with E-state index in [0.717, 1.165) is 5.56 Å². The second kappa shape index (κ2) is 7.21. The Morgan fingerprint density at radius 2 is 2.08 bits per heavy atom. The number of thioether (sulfide) groups is 1. The number of aliphatic imine (C=N–C) groups is 1. The van der Waals surface area contributed by atoms with Crippen LogP contribution in [0.15, 0.2) is 23.2 Å². The van der Waals surface area contributed by atoms with Crippen LogP contribution in [0.4, 0.5) is 5.69 Å². The van der Waals surface area contributed by atoms with Gasteiger partial charge in [0.1, 0.15) is 0 Å². The summed E-state index contributed by atoms with van der Waals surface area (Å²) < 4.78 is 24.1. The minimum absolute atomic E-state index is 0.0149. The number of carboxylic acids is 1. The zero-order chi connectivity index (χ0) is 19.1. The van der Waals surface area contributed by atoms with Crippen molar-refractivity contribution in [3.8, 4) is 0 Å². The number of amidine groups is 1. The summed E-state index contributed by atoms with van der Waals surface area (Å²) in [6, 6.07) is 4.98. The van der Waals surface area contributed by atoms with Crippen molar-refractivity contribution in [2.45, 2.75) is 31.1 Å². The van der Waals surface area contributed by atoms with Gasteiger partial charge in [-0.05, 0) is 24.6 Å². The lowest BCUT2D eigenvalue weighted by molar-refractivity contribution is -0.138. The first-order valence-corrected chi connectivity index (χ1v) is 11.0. The Hall–Kier alpha value is -1.58. The lowest BCUT2D eigenvalue weighted by atomic mass is 10.1. The maximum absolute atomic E-state index is 12.0. The molecule has 1 aromatic rings. The van der Waals surface area contributed by atoms with Gasteiger partial charge in [0.15, 0.2) is 15.0 Å². The van der Waals surface area contributed by atoms with Gasteiger partial charge in [-0.15, -0.1) is 0 Å². The highest BCUT2D eigenvalue weighted by molar-refractivity contribution is 8.16. The number of carbonyl (C=O) groups is 2. The number of rotatable bonds is 4. The monoisotopic (exact) mass is 416 g/mol. The quantitative estimate of drug-likeness (QED) is 0.801. The van der Waals surface area contributed by atoms with Gasteiger partial charge in [-0.1, -0.05) is 29.4 Å². The van der Waals surface area contributed by atoms with Gasteiger partial charge in [0, 0.05) is 22.4 Å². The molecule has 2 aliphatic heterocycles. The molecule has 1 N–H and O–H groups in total. The molecule has 26 heavy (non-hydrogen) atoms. The zero-order valence-corrected chi connectivity index (χ0v) is 16.3. The first-order chi connectivity index (χ1) is 12.2. The average Bonchev–Trinajstić information content (AvgIpc) is 2.99. The number of nitrogens with zero attached hydrogens (tertiary/aromatic N) is 2. The molecular weight excluding hydrogens is 400 g/mol. The number of fused-ring (bicyclic) bond motifs is 1. The Morgan fingerprint density at radius 1 is 1.35 bits per heavy atom. The zero-order valence-electron chi connectivity index (χ0n) is 13.9. The number of carboxylic acid groups (broad SMARTS) is 1. The summed E-state index contributed by atoms with van der Waals surface area (Å²) in [5, 5.41) is 9.43. The number of anilines is 1. The van der Waals surface area contributed by atoms with Crippen molar-refractivity contribution < 1.29 is 23.1 Å². The number of amides is 1. The van der Waals surface area contributed by atoms with Crippen molar-refractivity contribution in [1.29, 1.82) is 0 Å². The fraction of sp³-hybridized carbons (Fsp3) is 0.438. The van der Waals surface area contributed by atoms with Gasteiger partial charge >= 0.3 is 5.97 Å². The van der Waals surface area contributed by atoms with E-state index >= 15 is 0 Å². The molecule has 1 aromatic carbocycles. The van der Waals surface area contributed by atoms with Crippen LogP contribution in [0.5, 0.6) is 0 Å². The van der Waals surface area contributed by atoms with E-state index in [2.05, 4.69) is 4.99 Å². The summed E-state index contributed by atoms with van der Waals surface area (Å²) in [5.41, 5.74) is 1.48. The molecule has 140 valence electrons. The van der Waals surface area contributed by atoms with Crippen LogP contribution in [0.2, 0.25) is 5.02 Å². The number of sulfone groups is 1. The lowest BCUT2D eigenvalue weighted by Gasteiger charge is -2.26. The van der Waals surface area contributed by atoms with Gasteiger partial charge in [0.25, 0.3) is 0 Å². The van der Waals surface area contributed by atoms with Crippen molar-refractivity contribution in [2.24, 2.45) is 4.99 Å². The maximum atomic E-state index is 12.0. The molecule has 2 heterocycles. The molecular formula is C16H17ClN2O5S2. The van der Waals surface area contributed by atoms with Crippen LogP contribution in [0.25, 0.3) is 0 Å². The molecule has 2 saturated heterocycles. The van der Waals surface area contributed by atoms with E-state index in [9.17, 15) is 18.0 Å². The fourth-order valence-corrected chi connectivity index (χ4v) is 7.17. The Balaban J connectivity index is 1.97. The average molecular weight is 417 g/mol. The second-order valence-corrected chi connectivity index (χ2v) is 10.0. The predicted molar refractivity (Wildman–Crippen MR) is 102 cm³/mol. The molecule has 0 saturated carbocycles. The van der Waals surface area contributed by atoms with Gasteiger partial charge in [-0.2, -0.15) is 4.99 Å². The third-order valence-electron chi connectivity index (χ3n) is 4.34.